The molecule has 2 N–H and O–H groups in total. The second kappa shape index (κ2) is 6.28. The van der Waals surface area contributed by atoms with Crippen molar-refractivity contribution in [3.63, 3.8) is 0 Å². The third-order valence-corrected chi connectivity index (χ3v) is 4.78. The fourth-order valence-electron chi connectivity index (χ4n) is 3.05. The first-order valence-corrected chi connectivity index (χ1v) is 8.53. The van der Waals surface area contributed by atoms with Crippen molar-refractivity contribution >= 4 is 29.0 Å². The van der Waals surface area contributed by atoms with Gasteiger partial charge in [0.05, 0.1) is 10.9 Å². The van der Waals surface area contributed by atoms with Crippen LogP contribution in [0.15, 0.2) is 23.0 Å². The van der Waals surface area contributed by atoms with Crippen LogP contribution in [0.25, 0.3) is 10.9 Å². The first-order chi connectivity index (χ1) is 11.0. The zero-order chi connectivity index (χ0) is 16.6. The summed E-state index contributed by atoms with van der Waals surface area (Å²) < 4.78 is 1.89. The first kappa shape index (κ1) is 15.9. The summed E-state index contributed by atoms with van der Waals surface area (Å²) in [6.07, 6.45) is 3.37. The Balaban J connectivity index is 1.87. The number of fused-ring (bicyclic) bond motifs is 1. The Morgan fingerprint density at radius 3 is 2.91 bits per heavy atom. The third-order valence-electron chi connectivity index (χ3n) is 4.46. The average Bonchev–Trinajstić information content (AvgIpc) is 3.25. The highest BCUT2D eigenvalue weighted by Crippen LogP contribution is 2.34. The number of nitrogens with zero attached hydrogens (tertiary/aromatic N) is 1. The predicted octanol–water partition coefficient (Wildman–Crippen LogP) is 3.00. The number of carbonyl (C=O) groups is 1. The van der Waals surface area contributed by atoms with Gasteiger partial charge in [0.1, 0.15) is 0 Å². The van der Waals surface area contributed by atoms with Crippen molar-refractivity contribution in [2.24, 2.45) is 5.92 Å². The van der Waals surface area contributed by atoms with Crippen molar-refractivity contribution in [1.29, 1.82) is 0 Å². The number of H-pyrrole nitrogens is 1. The molecule has 1 amide bonds. The van der Waals surface area contributed by atoms with Gasteiger partial charge in [-0.15, -0.1) is 0 Å². The predicted molar refractivity (Wildman–Crippen MR) is 93.3 cm³/mol. The number of nitrogens with one attached hydrogen (secondary N) is 2. The van der Waals surface area contributed by atoms with Gasteiger partial charge in [0.15, 0.2) is 4.77 Å². The molecule has 0 saturated heterocycles. The second-order valence-electron chi connectivity index (χ2n) is 6.10. The van der Waals surface area contributed by atoms with E-state index < -0.39 is 0 Å². The Bertz CT molecular complexity index is 868. The van der Waals surface area contributed by atoms with E-state index in [9.17, 15) is 9.59 Å². The Morgan fingerprint density at radius 1 is 1.43 bits per heavy atom. The molecule has 1 fully saturated rings. The van der Waals surface area contributed by atoms with Gasteiger partial charge >= 0.3 is 0 Å². The molecule has 5 nitrogen and oxygen atoms in total. The zero-order valence-corrected chi connectivity index (χ0v) is 14.2. The molecule has 1 aromatic carbocycles. The highest BCUT2D eigenvalue weighted by molar-refractivity contribution is 7.71. The number of benzene rings is 1. The van der Waals surface area contributed by atoms with Crippen molar-refractivity contribution in [3.8, 4) is 0 Å². The minimum Gasteiger partial charge on any atom is -0.349 e. The van der Waals surface area contributed by atoms with Crippen molar-refractivity contribution in [2.75, 3.05) is 0 Å². The van der Waals surface area contributed by atoms with Crippen LogP contribution < -0.4 is 10.9 Å². The number of rotatable bonds is 5. The molecule has 0 aliphatic heterocycles. The van der Waals surface area contributed by atoms with E-state index in [1.165, 1.54) is 4.57 Å². The molecule has 2 aromatic rings. The summed E-state index contributed by atoms with van der Waals surface area (Å²) >= 11 is 5.21. The van der Waals surface area contributed by atoms with Crippen molar-refractivity contribution in [3.05, 3.63) is 38.9 Å². The number of aromatic amines is 1. The minimum absolute atomic E-state index is 0.0884. The number of hydrogen-bond acceptors (Lipinski definition) is 3. The number of amides is 1. The molecule has 0 bridgehead atoms. The van der Waals surface area contributed by atoms with Gasteiger partial charge in [0, 0.05) is 18.2 Å². The highest BCUT2D eigenvalue weighted by Gasteiger charge is 2.37. The van der Waals surface area contributed by atoms with Gasteiger partial charge in [0.2, 0.25) is 0 Å². The SMILES string of the molecule is CCC[C@H]1C[C@H]1NC(=O)c1ccc2c(=O)n(CC)c(=S)[nH]c2c1. The van der Waals surface area contributed by atoms with Gasteiger partial charge in [-0.05, 0) is 56.1 Å². The van der Waals surface area contributed by atoms with E-state index in [4.69, 9.17) is 12.2 Å². The van der Waals surface area contributed by atoms with Crippen molar-refractivity contribution < 1.29 is 4.79 Å². The van der Waals surface area contributed by atoms with Crippen LogP contribution in [0, 0.1) is 10.7 Å². The standard InChI is InChI=1S/C17H21N3O2S/c1-3-5-10-8-13(10)18-15(21)11-6-7-12-14(9-11)19-17(23)20(4-2)16(12)22/h6-7,9-10,13H,3-5,8H2,1-2H3,(H,18,21)(H,19,23)/t10-,13+/m0/s1. The summed E-state index contributed by atoms with van der Waals surface area (Å²) in [6.45, 7) is 4.56. The highest BCUT2D eigenvalue weighted by atomic mass is 32.1. The zero-order valence-electron chi connectivity index (χ0n) is 13.4. The average molecular weight is 331 g/mol. The van der Waals surface area contributed by atoms with Crippen LogP contribution in [0.3, 0.4) is 0 Å². The molecule has 6 heteroatoms. The smallest absolute Gasteiger partial charge is 0.262 e. The maximum atomic E-state index is 12.3. The largest absolute Gasteiger partial charge is 0.349 e. The number of hydrogen-bond donors (Lipinski definition) is 2. The van der Waals surface area contributed by atoms with Crippen LogP contribution in [0.5, 0.6) is 0 Å². The van der Waals surface area contributed by atoms with E-state index in [0.717, 1.165) is 19.3 Å². The lowest BCUT2D eigenvalue weighted by atomic mass is 10.1. The molecule has 1 heterocycles. The normalized spacial score (nSPS) is 19.7. The maximum Gasteiger partial charge on any atom is 0.262 e. The first-order valence-electron chi connectivity index (χ1n) is 8.12. The summed E-state index contributed by atoms with van der Waals surface area (Å²) in [4.78, 5) is 27.7. The Morgan fingerprint density at radius 2 is 2.22 bits per heavy atom. The molecule has 0 radical (unpaired) electrons. The van der Waals surface area contributed by atoms with E-state index in [2.05, 4.69) is 17.2 Å². The summed E-state index contributed by atoms with van der Waals surface area (Å²) in [5.41, 5.74) is 1.04. The third kappa shape index (κ3) is 3.08. The molecule has 1 aliphatic rings. The van der Waals surface area contributed by atoms with E-state index in [-0.39, 0.29) is 11.5 Å². The molecular formula is C17H21N3O2S. The van der Waals surface area contributed by atoms with Gasteiger partial charge < -0.3 is 10.3 Å². The summed E-state index contributed by atoms with van der Waals surface area (Å²) in [7, 11) is 0. The molecule has 0 unspecified atom stereocenters. The fraction of sp³-hybridized carbons (Fsp3) is 0.471. The molecule has 2 atom stereocenters. The lowest BCUT2D eigenvalue weighted by Crippen LogP contribution is -2.27. The van der Waals surface area contributed by atoms with E-state index in [1.54, 1.807) is 18.2 Å². The van der Waals surface area contributed by atoms with Crippen LogP contribution in [-0.2, 0) is 6.54 Å². The van der Waals surface area contributed by atoms with Gasteiger partial charge in [-0.25, -0.2) is 0 Å². The van der Waals surface area contributed by atoms with Crippen LogP contribution in [0.2, 0.25) is 0 Å². The van der Waals surface area contributed by atoms with Gasteiger partial charge in [-0.3, -0.25) is 14.2 Å². The molecular weight excluding hydrogens is 310 g/mol. The van der Waals surface area contributed by atoms with Crippen LogP contribution in [-0.4, -0.2) is 21.5 Å². The van der Waals surface area contributed by atoms with E-state index in [1.807, 2.05) is 6.92 Å². The molecule has 0 spiro atoms. The second-order valence-corrected chi connectivity index (χ2v) is 6.49. The van der Waals surface area contributed by atoms with Gasteiger partial charge in [-0.1, -0.05) is 13.3 Å². The van der Waals surface area contributed by atoms with Crippen LogP contribution in [0.4, 0.5) is 0 Å². The number of aromatic nitrogens is 2. The maximum absolute atomic E-state index is 12.3. The fourth-order valence-corrected chi connectivity index (χ4v) is 3.37. The quantitative estimate of drug-likeness (QED) is 0.828. The van der Waals surface area contributed by atoms with Crippen LogP contribution >= 0.6 is 12.2 Å². The van der Waals surface area contributed by atoms with Gasteiger partial charge in [-0.2, -0.15) is 0 Å². The molecule has 3 rings (SSSR count). The topological polar surface area (TPSA) is 66.9 Å². The summed E-state index contributed by atoms with van der Waals surface area (Å²) in [5, 5.41) is 3.61. The lowest BCUT2D eigenvalue weighted by Gasteiger charge is -2.08. The van der Waals surface area contributed by atoms with Crippen molar-refractivity contribution in [2.45, 2.75) is 45.7 Å². The molecule has 1 saturated carbocycles. The van der Waals surface area contributed by atoms with Gasteiger partial charge in [0.25, 0.3) is 11.5 Å². The van der Waals surface area contributed by atoms with Crippen molar-refractivity contribution in [1.82, 2.24) is 14.9 Å². The van der Waals surface area contributed by atoms with E-state index in [0.29, 0.717) is 39.7 Å². The van der Waals surface area contributed by atoms with Crippen LogP contribution in [0.1, 0.15) is 43.5 Å². The molecule has 1 aromatic heterocycles. The summed E-state index contributed by atoms with van der Waals surface area (Å²) in [6, 6.07) is 5.40. The van der Waals surface area contributed by atoms with E-state index >= 15 is 0 Å². The lowest BCUT2D eigenvalue weighted by molar-refractivity contribution is 0.0949. The Hall–Kier alpha value is -1.95. The number of carbonyl (C=O) groups excluding carboxylic acids is 1. The monoisotopic (exact) mass is 331 g/mol. The Labute approximate surface area is 139 Å². The minimum atomic E-state index is -0.122. The molecule has 23 heavy (non-hydrogen) atoms. The summed E-state index contributed by atoms with van der Waals surface area (Å²) in [5.74, 6) is 0.529. The molecule has 122 valence electrons. The Kier molecular flexibility index (Phi) is 4.35. The molecule has 1 aliphatic carbocycles.